The van der Waals surface area contributed by atoms with Crippen LogP contribution in [-0.4, -0.2) is 30.1 Å². The molecular weight excluding hydrogens is 374 g/mol. The average Bonchev–Trinajstić information content (AvgIpc) is 3.15. The molecule has 26 heavy (non-hydrogen) atoms. The Morgan fingerprint density at radius 3 is 2.73 bits per heavy atom. The van der Waals surface area contributed by atoms with Crippen LogP contribution >= 0.6 is 22.9 Å². The zero-order chi connectivity index (χ0) is 18.9. The second kappa shape index (κ2) is 9.92. The molecule has 1 aromatic carbocycles. The minimum Gasteiger partial charge on any atom is -0.396 e. The molecule has 6 nitrogen and oxygen atoms in total. The number of anilines is 1. The van der Waals surface area contributed by atoms with E-state index in [1.54, 1.807) is 11.3 Å². The highest BCUT2D eigenvalue weighted by Gasteiger charge is 2.17. The van der Waals surface area contributed by atoms with Crippen LogP contribution in [0.1, 0.15) is 29.9 Å². The summed E-state index contributed by atoms with van der Waals surface area (Å²) >= 11 is 7.43. The first-order chi connectivity index (χ1) is 12.5. The Kier molecular flexibility index (Phi) is 7.60. The van der Waals surface area contributed by atoms with Crippen LogP contribution in [0.25, 0.3) is 0 Å². The van der Waals surface area contributed by atoms with E-state index in [2.05, 4.69) is 10.6 Å². The zero-order valence-corrected chi connectivity index (χ0v) is 15.4. The molecule has 0 aliphatic rings. The van der Waals surface area contributed by atoms with Crippen molar-refractivity contribution in [2.75, 3.05) is 18.5 Å². The smallest absolute Gasteiger partial charge is 0.313 e. The molecule has 0 unspecified atom stereocenters. The lowest BCUT2D eigenvalue weighted by molar-refractivity contribution is -0.136. The van der Waals surface area contributed by atoms with E-state index < -0.39 is 11.8 Å². The third kappa shape index (κ3) is 5.56. The number of nitrogens with one attached hydrogen (secondary N) is 2. The lowest BCUT2D eigenvalue weighted by Gasteiger charge is -2.15. The molecule has 0 saturated heterocycles. The predicted octanol–water partition coefficient (Wildman–Crippen LogP) is 2.88. The number of amides is 2. The van der Waals surface area contributed by atoms with Crippen LogP contribution in [0.3, 0.4) is 0 Å². The van der Waals surface area contributed by atoms with Gasteiger partial charge in [-0.2, -0.15) is 16.6 Å². The molecule has 8 heteroatoms. The van der Waals surface area contributed by atoms with Gasteiger partial charge in [-0.25, -0.2) is 0 Å². The summed E-state index contributed by atoms with van der Waals surface area (Å²) in [5, 5.41) is 27.5. The molecular formula is C18H18ClN3O3S. The van der Waals surface area contributed by atoms with E-state index in [1.807, 2.05) is 22.9 Å². The van der Waals surface area contributed by atoms with Gasteiger partial charge in [-0.15, -0.1) is 0 Å². The van der Waals surface area contributed by atoms with Crippen LogP contribution in [0.4, 0.5) is 5.69 Å². The van der Waals surface area contributed by atoms with Crippen LogP contribution in [0.15, 0.2) is 35.0 Å². The number of nitrogens with zero attached hydrogens (tertiary/aromatic N) is 1. The van der Waals surface area contributed by atoms with Gasteiger partial charge in [0.25, 0.3) is 0 Å². The lowest BCUT2D eigenvalue weighted by Crippen LogP contribution is -2.36. The van der Waals surface area contributed by atoms with E-state index in [0.717, 1.165) is 5.56 Å². The SMILES string of the molecule is N#Cc1ccc(Cl)cc1NC(=O)C(=O)NCC[C@H](CCO)c1ccsc1. The Balaban J connectivity index is 1.88. The van der Waals surface area contributed by atoms with Crippen molar-refractivity contribution in [3.63, 3.8) is 0 Å². The Morgan fingerprint density at radius 2 is 2.08 bits per heavy atom. The number of carbonyl (C=O) groups is 2. The van der Waals surface area contributed by atoms with Gasteiger partial charge in [-0.1, -0.05) is 11.6 Å². The summed E-state index contributed by atoms with van der Waals surface area (Å²) in [7, 11) is 0. The van der Waals surface area contributed by atoms with Crippen LogP contribution < -0.4 is 10.6 Å². The van der Waals surface area contributed by atoms with Crippen LogP contribution in [0, 0.1) is 11.3 Å². The van der Waals surface area contributed by atoms with Crippen molar-refractivity contribution in [1.82, 2.24) is 5.32 Å². The molecule has 136 valence electrons. The number of nitriles is 1. The first-order valence-electron chi connectivity index (χ1n) is 7.97. The topological polar surface area (TPSA) is 102 Å². The van der Waals surface area contributed by atoms with Gasteiger partial charge in [0.15, 0.2) is 0 Å². The van der Waals surface area contributed by atoms with Gasteiger partial charge in [-0.3, -0.25) is 9.59 Å². The van der Waals surface area contributed by atoms with E-state index in [0.29, 0.717) is 24.4 Å². The van der Waals surface area contributed by atoms with Crippen molar-refractivity contribution in [2.24, 2.45) is 0 Å². The molecule has 1 aromatic heterocycles. The quantitative estimate of drug-likeness (QED) is 0.631. The van der Waals surface area contributed by atoms with E-state index in [-0.39, 0.29) is 23.8 Å². The Morgan fingerprint density at radius 1 is 1.27 bits per heavy atom. The molecule has 2 rings (SSSR count). The first-order valence-corrected chi connectivity index (χ1v) is 9.29. The fourth-order valence-corrected chi connectivity index (χ4v) is 3.39. The number of aliphatic hydroxyl groups excluding tert-OH is 1. The summed E-state index contributed by atoms with van der Waals surface area (Å²) in [6.07, 6.45) is 1.20. The Bertz CT molecular complexity index is 803. The van der Waals surface area contributed by atoms with E-state index in [4.69, 9.17) is 16.9 Å². The second-order valence-corrected chi connectivity index (χ2v) is 6.78. The third-order valence-electron chi connectivity index (χ3n) is 3.83. The summed E-state index contributed by atoms with van der Waals surface area (Å²) in [5.41, 5.74) is 1.52. The van der Waals surface area contributed by atoms with Gasteiger partial charge in [0, 0.05) is 18.2 Å². The highest BCUT2D eigenvalue weighted by atomic mass is 35.5. The van der Waals surface area contributed by atoms with Gasteiger partial charge in [-0.05, 0) is 59.3 Å². The number of hydrogen-bond donors (Lipinski definition) is 3. The number of carbonyl (C=O) groups excluding carboxylic acids is 2. The molecule has 0 radical (unpaired) electrons. The molecule has 2 aromatic rings. The number of halogens is 1. The molecule has 2 amide bonds. The van der Waals surface area contributed by atoms with Gasteiger partial charge < -0.3 is 15.7 Å². The van der Waals surface area contributed by atoms with E-state index >= 15 is 0 Å². The molecule has 1 atom stereocenters. The van der Waals surface area contributed by atoms with Gasteiger partial charge in [0.05, 0.1) is 11.3 Å². The lowest BCUT2D eigenvalue weighted by atomic mass is 9.95. The van der Waals surface area contributed by atoms with Crippen LogP contribution in [-0.2, 0) is 9.59 Å². The number of thiophene rings is 1. The standard InChI is InChI=1S/C18H18ClN3O3S/c19-15-2-1-13(10-20)16(9-15)22-18(25)17(24)21-6-3-12(4-7-23)14-5-8-26-11-14/h1-2,5,8-9,11-12,23H,3-4,6-7H2,(H,21,24)(H,22,25)/t12-/m1/s1. The summed E-state index contributed by atoms with van der Waals surface area (Å²) in [4.78, 5) is 24.0. The summed E-state index contributed by atoms with van der Waals surface area (Å²) < 4.78 is 0. The summed E-state index contributed by atoms with van der Waals surface area (Å²) in [5.74, 6) is -1.53. The van der Waals surface area contributed by atoms with E-state index in [9.17, 15) is 14.7 Å². The number of hydrogen-bond acceptors (Lipinski definition) is 5. The monoisotopic (exact) mass is 391 g/mol. The number of benzene rings is 1. The van der Waals surface area contributed by atoms with Crippen molar-refractivity contribution in [1.29, 1.82) is 5.26 Å². The van der Waals surface area contributed by atoms with Crippen LogP contribution in [0.5, 0.6) is 0 Å². The van der Waals surface area contributed by atoms with Crippen molar-refractivity contribution in [3.8, 4) is 6.07 Å². The molecule has 1 heterocycles. The van der Waals surface area contributed by atoms with Crippen molar-refractivity contribution < 1.29 is 14.7 Å². The maximum absolute atomic E-state index is 12.0. The fourth-order valence-electron chi connectivity index (χ4n) is 2.48. The largest absolute Gasteiger partial charge is 0.396 e. The van der Waals surface area contributed by atoms with Gasteiger partial charge in [0.2, 0.25) is 0 Å². The molecule has 3 N–H and O–H groups in total. The normalized spacial score (nSPS) is 11.4. The molecule has 0 spiro atoms. The second-order valence-electron chi connectivity index (χ2n) is 5.57. The molecule has 0 saturated carbocycles. The molecule has 0 aliphatic carbocycles. The molecule has 0 fully saturated rings. The summed E-state index contributed by atoms with van der Waals surface area (Å²) in [6.45, 7) is 0.355. The van der Waals surface area contributed by atoms with Crippen molar-refractivity contribution in [3.05, 3.63) is 51.2 Å². The third-order valence-corrected chi connectivity index (χ3v) is 4.76. The predicted molar refractivity (Wildman–Crippen MR) is 101 cm³/mol. The summed E-state index contributed by atoms with van der Waals surface area (Å²) in [6, 6.07) is 8.33. The maximum atomic E-state index is 12.0. The Hall–Kier alpha value is -2.40. The molecule has 0 bridgehead atoms. The van der Waals surface area contributed by atoms with Gasteiger partial charge in [0.1, 0.15) is 6.07 Å². The number of rotatable bonds is 7. The van der Waals surface area contributed by atoms with Crippen molar-refractivity contribution in [2.45, 2.75) is 18.8 Å². The average molecular weight is 392 g/mol. The first kappa shape index (κ1) is 19.9. The minimum atomic E-state index is -0.863. The Labute approximate surface area is 160 Å². The van der Waals surface area contributed by atoms with Crippen molar-refractivity contribution >= 4 is 40.4 Å². The van der Waals surface area contributed by atoms with Crippen LogP contribution in [0.2, 0.25) is 5.02 Å². The number of aliphatic hydroxyl groups is 1. The minimum absolute atomic E-state index is 0.0562. The maximum Gasteiger partial charge on any atom is 0.313 e. The highest BCUT2D eigenvalue weighted by Crippen LogP contribution is 2.25. The molecule has 0 aliphatic heterocycles. The highest BCUT2D eigenvalue weighted by molar-refractivity contribution is 7.08. The van der Waals surface area contributed by atoms with E-state index in [1.165, 1.54) is 18.2 Å². The van der Waals surface area contributed by atoms with Gasteiger partial charge >= 0.3 is 11.8 Å². The fraction of sp³-hybridized carbons (Fsp3) is 0.278. The zero-order valence-electron chi connectivity index (χ0n) is 13.9.